The van der Waals surface area contributed by atoms with E-state index in [0.29, 0.717) is 5.39 Å². The van der Waals surface area contributed by atoms with E-state index in [9.17, 15) is 9.90 Å². The molecule has 0 spiro atoms. The van der Waals surface area contributed by atoms with Gasteiger partial charge in [0.25, 0.3) is 0 Å². The van der Waals surface area contributed by atoms with Crippen molar-refractivity contribution in [2.24, 2.45) is 7.05 Å². The van der Waals surface area contributed by atoms with Crippen molar-refractivity contribution in [3.05, 3.63) is 29.5 Å². The van der Waals surface area contributed by atoms with Gasteiger partial charge in [-0.3, -0.25) is 0 Å². The number of aromatic hydroxyl groups is 1. The van der Waals surface area contributed by atoms with Crippen LogP contribution in [0.1, 0.15) is 23.0 Å². The van der Waals surface area contributed by atoms with Gasteiger partial charge in [-0.2, -0.15) is 0 Å². The molecule has 0 aliphatic carbocycles. The number of carboxylic acids is 1. The summed E-state index contributed by atoms with van der Waals surface area (Å²) in [7, 11) is 1.68. The van der Waals surface area contributed by atoms with E-state index in [0.717, 1.165) is 17.5 Å². The SMILES string of the molecule is CCc1ccc2c(cc(C(=O)O)n2C)c1O. The lowest BCUT2D eigenvalue weighted by Crippen LogP contribution is -2.03. The molecule has 2 rings (SSSR count). The van der Waals surface area contributed by atoms with Gasteiger partial charge in [-0.1, -0.05) is 13.0 Å². The standard InChI is InChI=1S/C12H13NO3/c1-3-7-4-5-9-8(11(7)14)6-10(12(15)16)13(9)2/h4-6,14H,3H2,1-2H3,(H,15,16). The van der Waals surface area contributed by atoms with Gasteiger partial charge in [-0.05, 0) is 24.1 Å². The zero-order valence-corrected chi connectivity index (χ0v) is 9.19. The van der Waals surface area contributed by atoms with Crippen LogP contribution in [0.5, 0.6) is 5.75 Å². The molecule has 0 aliphatic heterocycles. The molecule has 0 radical (unpaired) electrons. The highest BCUT2D eigenvalue weighted by molar-refractivity contribution is 5.97. The second-order valence-corrected chi connectivity index (χ2v) is 3.75. The van der Waals surface area contributed by atoms with Crippen molar-refractivity contribution >= 4 is 16.9 Å². The van der Waals surface area contributed by atoms with Crippen molar-refractivity contribution in [1.29, 1.82) is 0 Å². The molecule has 0 atom stereocenters. The zero-order chi connectivity index (χ0) is 11.9. The highest BCUT2D eigenvalue weighted by Crippen LogP contribution is 2.31. The van der Waals surface area contributed by atoms with Crippen molar-refractivity contribution in [2.75, 3.05) is 0 Å². The fraction of sp³-hybridized carbons (Fsp3) is 0.250. The third-order valence-corrected chi connectivity index (χ3v) is 2.88. The maximum atomic E-state index is 11.0. The summed E-state index contributed by atoms with van der Waals surface area (Å²) in [6.45, 7) is 1.95. The average Bonchev–Trinajstić information content (AvgIpc) is 2.58. The van der Waals surface area contributed by atoms with E-state index >= 15 is 0 Å². The number of phenolic OH excluding ortho intramolecular Hbond substituents is 1. The van der Waals surface area contributed by atoms with Gasteiger partial charge >= 0.3 is 5.97 Å². The molecule has 4 heteroatoms. The number of fused-ring (bicyclic) bond motifs is 1. The summed E-state index contributed by atoms with van der Waals surface area (Å²) in [5, 5.41) is 19.5. The number of carbonyl (C=O) groups is 1. The van der Waals surface area contributed by atoms with Crippen LogP contribution in [0.2, 0.25) is 0 Å². The molecule has 0 aliphatic rings. The van der Waals surface area contributed by atoms with Crippen LogP contribution in [-0.2, 0) is 13.5 Å². The summed E-state index contributed by atoms with van der Waals surface area (Å²) in [6, 6.07) is 5.16. The van der Waals surface area contributed by atoms with Gasteiger partial charge in [0.05, 0.1) is 5.52 Å². The van der Waals surface area contributed by atoms with Crippen molar-refractivity contribution in [3.8, 4) is 5.75 Å². The summed E-state index contributed by atoms with van der Waals surface area (Å²) in [5.74, 6) is -0.806. The first kappa shape index (κ1) is 10.5. The molecule has 16 heavy (non-hydrogen) atoms. The van der Waals surface area contributed by atoms with Crippen LogP contribution in [0.25, 0.3) is 10.9 Å². The molecule has 4 nitrogen and oxygen atoms in total. The Labute approximate surface area is 92.7 Å². The number of benzene rings is 1. The third kappa shape index (κ3) is 1.34. The lowest BCUT2D eigenvalue weighted by atomic mass is 10.1. The lowest BCUT2D eigenvalue weighted by Gasteiger charge is -2.03. The van der Waals surface area contributed by atoms with Crippen molar-refractivity contribution in [1.82, 2.24) is 4.57 Å². The van der Waals surface area contributed by atoms with Crippen LogP contribution >= 0.6 is 0 Å². The zero-order valence-electron chi connectivity index (χ0n) is 9.19. The van der Waals surface area contributed by atoms with Gasteiger partial charge < -0.3 is 14.8 Å². The number of hydrogen-bond acceptors (Lipinski definition) is 2. The van der Waals surface area contributed by atoms with Crippen LogP contribution in [0, 0.1) is 0 Å². The lowest BCUT2D eigenvalue weighted by molar-refractivity contribution is 0.0687. The smallest absolute Gasteiger partial charge is 0.352 e. The van der Waals surface area contributed by atoms with Crippen LogP contribution < -0.4 is 0 Å². The Hall–Kier alpha value is -1.97. The topological polar surface area (TPSA) is 62.5 Å². The van der Waals surface area contributed by atoms with Crippen LogP contribution in [-0.4, -0.2) is 20.7 Å². The molecule has 0 unspecified atom stereocenters. The Balaban J connectivity index is 2.81. The monoisotopic (exact) mass is 219 g/mol. The van der Waals surface area contributed by atoms with Crippen molar-refractivity contribution in [3.63, 3.8) is 0 Å². The van der Waals surface area contributed by atoms with E-state index in [-0.39, 0.29) is 11.4 Å². The Kier molecular flexibility index (Phi) is 2.34. The van der Waals surface area contributed by atoms with E-state index in [1.807, 2.05) is 19.1 Å². The number of carboxylic acid groups (broad SMARTS) is 1. The summed E-state index contributed by atoms with van der Waals surface area (Å²) in [6.07, 6.45) is 0.721. The molecular weight excluding hydrogens is 206 g/mol. The van der Waals surface area contributed by atoms with Gasteiger partial charge in [-0.25, -0.2) is 4.79 Å². The minimum absolute atomic E-state index is 0.179. The Morgan fingerprint density at radius 1 is 1.44 bits per heavy atom. The van der Waals surface area contributed by atoms with E-state index in [1.54, 1.807) is 11.6 Å². The quantitative estimate of drug-likeness (QED) is 0.813. The van der Waals surface area contributed by atoms with Crippen molar-refractivity contribution in [2.45, 2.75) is 13.3 Å². The van der Waals surface area contributed by atoms with Crippen LogP contribution in [0.15, 0.2) is 18.2 Å². The Bertz CT molecular complexity index is 569. The summed E-state index contributed by atoms with van der Waals surface area (Å²) in [5.41, 5.74) is 1.74. The number of hydrogen-bond donors (Lipinski definition) is 2. The van der Waals surface area contributed by atoms with Crippen LogP contribution in [0.3, 0.4) is 0 Å². The van der Waals surface area contributed by atoms with Gasteiger partial charge in [0.1, 0.15) is 11.4 Å². The number of aromatic carboxylic acids is 1. The predicted molar refractivity (Wildman–Crippen MR) is 60.9 cm³/mol. The molecule has 0 saturated carbocycles. The largest absolute Gasteiger partial charge is 0.507 e. The first-order chi connectivity index (χ1) is 7.56. The molecule has 84 valence electrons. The predicted octanol–water partition coefficient (Wildman–Crippen LogP) is 2.14. The normalized spacial score (nSPS) is 10.9. The first-order valence-electron chi connectivity index (χ1n) is 5.09. The minimum Gasteiger partial charge on any atom is -0.507 e. The first-order valence-corrected chi connectivity index (χ1v) is 5.09. The number of phenols is 1. The van der Waals surface area contributed by atoms with E-state index < -0.39 is 5.97 Å². The third-order valence-electron chi connectivity index (χ3n) is 2.88. The van der Waals surface area contributed by atoms with Crippen LogP contribution in [0.4, 0.5) is 0 Å². The van der Waals surface area contributed by atoms with E-state index in [4.69, 9.17) is 5.11 Å². The number of nitrogens with zero attached hydrogens (tertiary/aromatic N) is 1. The van der Waals surface area contributed by atoms with E-state index in [2.05, 4.69) is 0 Å². The maximum absolute atomic E-state index is 11.0. The van der Waals surface area contributed by atoms with E-state index in [1.165, 1.54) is 6.07 Å². The summed E-state index contributed by atoms with van der Waals surface area (Å²) in [4.78, 5) is 11.0. The molecular formula is C12H13NO3. The fourth-order valence-electron chi connectivity index (χ4n) is 1.93. The molecule has 1 heterocycles. The molecule has 0 bridgehead atoms. The van der Waals surface area contributed by atoms with Crippen molar-refractivity contribution < 1.29 is 15.0 Å². The highest BCUT2D eigenvalue weighted by atomic mass is 16.4. The summed E-state index contributed by atoms with van der Waals surface area (Å²) >= 11 is 0. The van der Waals surface area contributed by atoms with Gasteiger partial charge in [-0.15, -0.1) is 0 Å². The number of aromatic nitrogens is 1. The Morgan fingerprint density at radius 3 is 2.69 bits per heavy atom. The number of rotatable bonds is 2. The van der Waals surface area contributed by atoms with Gasteiger partial charge in [0.2, 0.25) is 0 Å². The highest BCUT2D eigenvalue weighted by Gasteiger charge is 2.15. The molecule has 1 aromatic heterocycles. The Morgan fingerprint density at radius 2 is 2.12 bits per heavy atom. The second-order valence-electron chi connectivity index (χ2n) is 3.75. The molecule has 2 aromatic rings. The summed E-state index contributed by atoms with van der Waals surface area (Å²) < 4.78 is 1.57. The molecule has 0 amide bonds. The molecule has 0 fully saturated rings. The fourth-order valence-corrected chi connectivity index (χ4v) is 1.93. The molecule has 2 N–H and O–H groups in total. The second kappa shape index (κ2) is 3.56. The molecule has 0 saturated heterocycles. The average molecular weight is 219 g/mol. The van der Waals surface area contributed by atoms with Gasteiger partial charge in [0.15, 0.2) is 0 Å². The number of aryl methyl sites for hydroxylation is 2. The van der Waals surface area contributed by atoms with Gasteiger partial charge in [0, 0.05) is 12.4 Å². The maximum Gasteiger partial charge on any atom is 0.352 e. The minimum atomic E-state index is -0.990. The molecule has 1 aromatic carbocycles.